The van der Waals surface area contributed by atoms with E-state index in [0.29, 0.717) is 0 Å². The molecule has 0 fully saturated rings. The molecule has 1 aliphatic heterocycles. The van der Waals surface area contributed by atoms with Gasteiger partial charge in [-0.05, 0) is 43.5 Å². The fourth-order valence-electron chi connectivity index (χ4n) is 2.07. The van der Waals surface area contributed by atoms with Gasteiger partial charge in [-0.25, -0.2) is 9.67 Å². The summed E-state index contributed by atoms with van der Waals surface area (Å²) in [6.45, 7) is 2.98. The van der Waals surface area contributed by atoms with Crippen LogP contribution in [0.15, 0.2) is 24.5 Å². The van der Waals surface area contributed by atoms with E-state index in [2.05, 4.69) is 33.6 Å². The van der Waals surface area contributed by atoms with Gasteiger partial charge in [0.05, 0.1) is 5.69 Å². The van der Waals surface area contributed by atoms with Crippen molar-refractivity contribution in [3.63, 3.8) is 0 Å². The number of fused-ring (bicyclic) bond motifs is 1. The molecule has 0 amide bonds. The zero-order chi connectivity index (χ0) is 11.0. The number of aryl methyl sites for hydroxylation is 2. The third-order valence-electron chi connectivity index (χ3n) is 2.90. The second-order valence-corrected chi connectivity index (χ2v) is 4.11. The molecule has 1 N–H and O–H groups in total. The zero-order valence-corrected chi connectivity index (χ0v) is 9.27. The maximum Gasteiger partial charge on any atom is 0.147 e. The van der Waals surface area contributed by atoms with Gasteiger partial charge < -0.3 is 5.32 Å². The lowest BCUT2D eigenvalue weighted by molar-refractivity contribution is 0.818. The SMILES string of the molecule is Cc1ncn(-c2ccc3c(c2)CCCN3)n1. The highest BCUT2D eigenvalue weighted by molar-refractivity contribution is 5.57. The minimum Gasteiger partial charge on any atom is -0.385 e. The van der Waals surface area contributed by atoms with Crippen molar-refractivity contribution in [2.45, 2.75) is 19.8 Å². The van der Waals surface area contributed by atoms with Crippen LogP contribution in [0.2, 0.25) is 0 Å². The van der Waals surface area contributed by atoms with Crippen molar-refractivity contribution in [2.24, 2.45) is 0 Å². The summed E-state index contributed by atoms with van der Waals surface area (Å²) in [7, 11) is 0. The first kappa shape index (κ1) is 9.39. The summed E-state index contributed by atoms with van der Waals surface area (Å²) in [4.78, 5) is 4.14. The van der Waals surface area contributed by atoms with E-state index in [1.807, 2.05) is 11.6 Å². The molecule has 0 bridgehead atoms. The van der Waals surface area contributed by atoms with Crippen molar-refractivity contribution in [1.29, 1.82) is 0 Å². The molecule has 0 atom stereocenters. The Balaban J connectivity index is 2.02. The second-order valence-electron chi connectivity index (χ2n) is 4.11. The fourth-order valence-corrected chi connectivity index (χ4v) is 2.07. The van der Waals surface area contributed by atoms with Gasteiger partial charge in [-0.2, -0.15) is 5.10 Å². The van der Waals surface area contributed by atoms with Gasteiger partial charge in [0, 0.05) is 12.2 Å². The Bertz CT molecular complexity index is 515. The van der Waals surface area contributed by atoms with Crippen molar-refractivity contribution < 1.29 is 0 Å². The molecule has 3 rings (SSSR count). The van der Waals surface area contributed by atoms with Crippen LogP contribution in [0.3, 0.4) is 0 Å². The highest BCUT2D eigenvalue weighted by Gasteiger charge is 2.09. The van der Waals surface area contributed by atoms with E-state index in [0.717, 1.165) is 24.5 Å². The summed E-state index contributed by atoms with van der Waals surface area (Å²) in [5.41, 5.74) is 3.71. The first-order valence-corrected chi connectivity index (χ1v) is 5.58. The molecule has 0 spiro atoms. The third-order valence-corrected chi connectivity index (χ3v) is 2.90. The van der Waals surface area contributed by atoms with Gasteiger partial charge in [0.1, 0.15) is 12.2 Å². The highest BCUT2D eigenvalue weighted by atomic mass is 15.3. The minimum absolute atomic E-state index is 0.802. The summed E-state index contributed by atoms with van der Waals surface area (Å²) in [5, 5.41) is 7.72. The zero-order valence-electron chi connectivity index (χ0n) is 9.27. The average Bonchev–Trinajstić information content (AvgIpc) is 2.75. The van der Waals surface area contributed by atoms with E-state index < -0.39 is 0 Å². The Hall–Kier alpha value is -1.84. The molecule has 0 radical (unpaired) electrons. The van der Waals surface area contributed by atoms with E-state index in [1.54, 1.807) is 6.33 Å². The molecule has 4 nitrogen and oxygen atoms in total. The van der Waals surface area contributed by atoms with Crippen molar-refractivity contribution in [1.82, 2.24) is 14.8 Å². The van der Waals surface area contributed by atoms with Crippen LogP contribution < -0.4 is 5.32 Å². The van der Waals surface area contributed by atoms with Crippen molar-refractivity contribution in [2.75, 3.05) is 11.9 Å². The van der Waals surface area contributed by atoms with Crippen molar-refractivity contribution in [3.05, 3.63) is 35.9 Å². The Morgan fingerprint density at radius 1 is 1.38 bits per heavy atom. The third kappa shape index (κ3) is 1.56. The van der Waals surface area contributed by atoms with Gasteiger partial charge in [0.15, 0.2) is 0 Å². The Morgan fingerprint density at radius 3 is 3.12 bits per heavy atom. The molecule has 2 heterocycles. The number of hydrogen-bond donors (Lipinski definition) is 1. The van der Waals surface area contributed by atoms with Crippen molar-refractivity contribution in [3.8, 4) is 5.69 Å². The summed E-state index contributed by atoms with van der Waals surface area (Å²) in [6.07, 6.45) is 4.10. The van der Waals surface area contributed by atoms with Gasteiger partial charge in [-0.3, -0.25) is 0 Å². The predicted octanol–water partition coefficient (Wildman–Crippen LogP) is 1.93. The highest BCUT2D eigenvalue weighted by Crippen LogP contribution is 2.24. The Kier molecular flexibility index (Phi) is 2.13. The lowest BCUT2D eigenvalue weighted by atomic mass is 10.0. The average molecular weight is 214 g/mol. The van der Waals surface area contributed by atoms with Crippen LogP contribution in [-0.4, -0.2) is 21.3 Å². The first-order valence-electron chi connectivity index (χ1n) is 5.58. The Labute approximate surface area is 94.3 Å². The van der Waals surface area contributed by atoms with Gasteiger partial charge in [-0.15, -0.1) is 0 Å². The summed E-state index contributed by atoms with van der Waals surface area (Å²) in [5.74, 6) is 0.802. The van der Waals surface area contributed by atoms with Crippen LogP contribution in [0.4, 0.5) is 5.69 Å². The standard InChI is InChI=1S/C12H14N4/c1-9-14-8-16(15-9)11-4-5-12-10(7-11)3-2-6-13-12/h4-5,7-8,13H,2-3,6H2,1H3. The number of hydrogen-bond acceptors (Lipinski definition) is 3. The van der Waals surface area contributed by atoms with Crippen LogP contribution >= 0.6 is 0 Å². The number of nitrogens with one attached hydrogen (secondary N) is 1. The van der Waals surface area contributed by atoms with E-state index in [9.17, 15) is 0 Å². The molecule has 1 aromatic heterocycles. The van der Waals surface area contributed by atoms with Gasteiger partial charge in [-0.1, -0.05) is 0 Å². The summed E-state index contributed by atoms with van der Waals surface area (Å²) in [6, 6.07) is 6.39. The number of rotatable bonds is 1. The van der Waals surface area contributed by atoms with Crippen LogP contribution in [-0.2, 0) is 6.42 Å². The number of anilines is 1. The Morgan fingerprint density at radius 2 is 2.31 bits per heavy atom. The molecule has 2 aromatic rings. The van der Waals surface area contributed by atoms with Gasteiger partial charge >= 0.3 is 0 Å². The molecule has 0 saturated heterocycles. The van der Waals surface area contributed by atoms with Crippen LogP contribution in [0, 0.1) is 6.92 Å². The van der Waals surface area contributed by atoms with E-state index in [-0.39, 0.29) is 0 Å². The number of nitrogens with zero attached hydrogens (tertiary/aromatic N) is 3. The molecule has 0 saturated carbocycles. The second kappa shape index (κ2) is 3.63. The lowest BCUT2D eigenvalue weighted by Gasteiger charge is -2.18. The smallest absolute Gasteiger partial charge is 0.147 e. The molecule has 16 heavy (non-hydrogen) atoms. The van der Waals surface area contributed by atoms with E-state index in [1.165, 1.54) is 17.7 Å². The van der Waals surface area contributed by atoms with Gasteiger partial charge in [0.25, 0.3) is 0 Å². The van der Waals surface area contributed by atoms with Crippen LogP contribution in [0.5, 0.6) is 0 Å². The van der Waals surface area contributed by atoms with Crippen LogP contribution in [0.1, 0.15) is 17.8 Å². The molecule has 1 aliphatic rings. The van der Waals surface area contributed by atoms with E-state index >= 15 is 0 Å². The molecule has 0 unspecified atom stereocenters. The molecule has 0 aliphatic carbocycles. The number of benzene rings is 1. The van der Waals surface area contributed by atoms with Crippen LogP contribution in [0.25, 0.3) is 5.69 Å². The molecular formula is C12H14N4. The van der Waals surface area contributed by atoms with Gasteiger partial charge in [0.2, 0.25) is 0 Å². The maximum atomic E-state index is 4.31. The number of aromatic nitrogens is 3. The monoisotopic (exact) mass is 214 g/mol. The lowest BCUT2D eigenvalue weighted by Crippen LogP contribution is -2.12. The summed E-state index contributed by atoms with van der Waals surface area (Å²) < 4.78 is 1.82. The van der Waals surface area contributed by atoms with E-state index in [4.69, 9.17) is 0 Å². The quantitative estimate of drug-likeness (QED) is 0.788. The molecular weight excluding hydrogens is 200 g/mol. The predicted molar refractivity (Wildman–Crippen MR) is 62.9 cm³/mol. The molecule has 4 heteroatoms. The first-order chi connectivity index (χ1) is 7.83. The largest absolute Gasteiger partial charge is 0.385 e. The molecule has 82 valence electrons. The maximum absolute atomic E-state index is 4.31. The topological polar surface area (TPSA) is 42.7 Å². The van der Waals surface area contributed by atoms with Crippen molar-refractivity contribution >= 4 is 5.69 Å². The minimum atomic E-state index is 0.802. The summed E-state index contributed by atoms with van der Waals surface area (Å²) >= 11 is 0. The normalized spacial score (nSPS) is 14.3. The fraction of sp³-hybridized carbons (Fsp3) is 0.333. The molecule has 1 aromatic carbocycles.